The van der Waals surface area contributed by atoms with Crippen molar-refractivity contribution in [3.05, 3.63) is 174 Å². The molecule has 0 unspecified atom stereocenters. The van der Waals surface area contributed by atoms with Gasteiger partial charge < -0.3 is 50.7 Å². The highest BCUT2D eigenvalue weighted by Gasteiger charge is 2.36. The zero-order valence-corrected chi connectivity index (χ0v) is 44.1. The van der Waals surface area contributed by atoms with E-state index in [0.29, 0.717) is 81.7 Å². The first-order valence-electron chi connectivity index (χ1n) is 24.9. The zero-order valence-electron chi connectivity index (χ0n) is 41.0. The lowest BCUT2D eigenvalue weighted by Gasteiger charge is -2.37. The van der Waals surface area contributed by atoms with Gasteiger partial charge in [-0.2, -0.15) is 0 Å². The molecule has 4 heterocycles. The summed E-state index contributed by atoms with van der Waals surface area (Å²) in [6.07, 6.45) is -5.77. The molecule has 0 radical (unpaired) electrons. The highest BCUT2D eigenvalue weighted by atomic mass is 35.5. The molecule has 75 heavy (non-hydrogen) atoms. The van der Waals surface area contributed by atoms with Gasteiger partial charge in [0.2, 0.25) is 0 Å². The number of carbonyl (C=O) groups excluding carboxylic acids is 4. The molecule has 2 aliphatic rings. The number of aliphatic hydroxyl groups excluding tert-OH is 4. The molecule has 18 heteroatoms. The minimum absolute atomic E-state index is 0.126. The second-order valence-corrected chi connectivity index (χ2v) is 21.5. The van der Waals surface area contributed by atoms with Gasteiger partial charge in [0, 0.05) is 68.7 Å². The SMILES string of the molecule is O=C(NCCc1cc(Cc2ccccc2-c2ccc(Cc3csc(CNC(=O)[C@H](O)[C@@H](O)C(=O)N4CCN(c5ccccc5Cl)CC4)c3)c3ccccc23)cs1)[C@H](O)[C@@H](O)C(=O)N1CCN(c2ccccc2Cl)CC1. The number of benzene rings is 5. The second-order valence-electron chi connectivity index (χ2n) is 18.7. The maximum atomic E-state index is 13.1. The van der Waals surface area contributed by atoms with Crippen LogP contribution in [0.4, 0.5) is 11.4 Å². The number of nitrogens with zero attached hydrogens (tertiary/aromatic N) is 4. The number of aliphatic hydroxyl groups is 4. The van der Waals surface area contributed by atoms with Crippen molar-refractivity contribution in [2.75, 3.05) is 68.7 Å². The van der Waals surface area contributed by atoms with Crippen molar-refractivity contribution >= 4 is 91.7 Å². The van der Waals surface area contributed by atoms with Gasteiger partial charge in [0.05, 0.1) is 28.0 Å². The highest BCUT2D eigenvalue weighted by molar-refractivity contribution is 7.10. The van der Waals surface area contributed by atoms with Crippen molar-refractivity contribution < 1.29 is 39.6 Å². The Morgan fingerprint density at radius 1 is 0.507 bits per heavy atom. The van der Waals surface area contributed by atoms with Crippen molar-refractivity contribution in [2.24, 2.45) is 0 Å². The molecule has 2 aromatic heterocycles. The van der Waals surface area contributed by atoms with E-state index >= 15 is 0 Å². The first kappa shape index (κ1) is 53.5. The Balaban J connectivity index is 0.752. The predicted octanol–water partition coefficient (Wildman–Crippen LogP) is 6.53. The molecule has 2 saturated heterocycles. The van der Waals surface area contributed by atoms with Crippen molar-refractivity contribution in [3.63, 3.8) is 0 Å². The van der Waals surface area contributed by atoms with E-state index < -0.39 is 48.0 Å². The third-order valence-corrected chi connectivity index (χ3v) is 16.5. The molecule has 6 N–H and O–H groups in total. The number of rotatable bonds is 18. The third kappa shape index (κ3) is 12.7. The molecule has 0 spiro atoms. The number of anilines is 2. The Kier molecular flexibility index (Phi) is 17.5. The fourth-order valence-electron chi connectivity index (χ4n) is 9.76. The Morgan fingerprint density at radius 3 is 1.57 bits per heavy atom. The van der Waals surface area contributed by atoms with Gasteiger partial charge in [-0.25, -0.2) is 0 Å². The molecule has 2 fully saturated rings. The average molecular weight is 1090 g/mol. The van der Waals surface area contributed by atoms with Gasteiger partial charge in [0.15, 0.2) is 24.4 Å². The van der Waals surface area contributed by atoms with E-state index in [0.717, 1.165) is 65.3 Å². The van der Waals surface area contributed by atoms with E-state index in [-0.39, 0.29) is 13.1 Å². The van der Waals surface area contributed by atoms with Crippen molar-refractivity contribution in [3.8, 4) is 11.1 Å². The summed E-state index contributed by atoms with van der Waals surface area (Å²) in [4.78, 5) is 60.9. The fourth-order valence-corrected chi connectivity index (χ4v) is 12.0. The largest absolute Gasteiger partial charge is 0.380 e. The lowest BCUT2D eigenvalue weighted by atomic mass is 9.89. The number of hydrogen-bond donors (Lipinski definition) is 6. The van der Waals surface area contributed by atoms with E-state index in [1.165, 1.54) is 21.1 Å². The number of halogens is 2. The van der Waals surface area contributed by atoms with Crippen molar-refractivity contribution in [2.45, 2.75) is 50.2 Å². The third-order valence-electron chi connectivity index (χ3n) is 13.8. The van der Waals surface area contributed by atoms with Gasteiger partial charge in [-0.15, -0.1) is 22.7 Å². The average Bonchev–Trinajstić information content (AvgIpc) is 4.11. The minimum atomic E-state index is -1.92. The summed E-state index contributed by atoms with van der Waals surface area (Å²) < 4.78 is 0. The van der Waals surface area contributed by atoms with Crippen molar-refractivity contribution in [1.29, 1.82) is 0 Å². The van der Waals surface area contributed by atoms with E-state index in [1.54, 1.807) is 23.5 Å². The Labute approximate surface area is 453 Å². The topological polar surface area (TPSA) is 186 Å². The van der Waals surface area contributed by atoms with Crippen LogP contribution in [0.5, 0.6) is 0 Å². The number of thiophene rings is 2. The van der Waals surface area contributed by atoms with E-state index in [9.17, 15) is 39.6 Å². The van der Waals surface area contributed by atoms with Crippen LogP contribution in [-0.4, -0.2) is 137 Å². The van der Waals surface area contributed by atoms with Crippen LogP contribution in [-0.2, 0) is 45.0 Å². The van der Waals surface area contributed by atoms with Crippen LogP contribution in [0.25, 0.3) is 21.9 Å². The predicted molar refractivity (Wildman–Crippen MR) is 297 cm³/mol. The van der Waals surface area contributed by atoms with Gasteiger partial charge in [-0.3, -0.25) is 19.2 Å². The molecule has 390 valence electrons. The lowest BCUT2D eigenvalue weighted by molar-refractivity contribution is -0.153. The van der Waals surface area contributed by atoms with Crippen LogP contribution in [0.2, 0.25) is 10.0 Å². The van der Waals surface area contributed by atoms with Crippen LogP contribution in [0, 0.1) is 0 Å². The van der Waals surface area contributed by atoms with Crippen molar-refractivity contribution in [1.82, 2.24) is 20.4 Å². The molecular formula is C57H58Cl2N6O8S2. The molecule has 0 bridgehead atoms. The molecule has 7 aromatic rings. The van der Waals surface area contributed by atoms with Gasteiger partial charge in [-0.05, 0) is 111 Å². The van der Waals surface area contributed by atoms with Crippen LogP contribution in [0.15, 0.2) is 132 Å². The smallest absolute Gasteiger partial charge is 0.254 e. The standard InChI is InChI=1S/C57H58Cl2N6O8S2/c58-46-13-5-7-15-48(46)62-21-25-64(26-22-62)56(72)52(68)50(66)54(70)60-20-19-40-31-36(34-74-40)29-38-9-1-2-10-42(38)45-18-17-39(43-11-3-4-12-44(43)45)30-37-32-41(75-35-37)33-61-55(71)51(67)53(69)57(73)65-27-23-63(24-28-65)49-16-8-6-14-47(49)59/h1-18,31-32,34-35,50-53,66-69H,19-30,33H2,(H,60,70)(H,61,71)/t50-,51-,52-,53-/m1/s1. The Morgan fingerprint density at radius 2 is 0.987 bits per heavy atom. The van der Waals surface area contributed by atoms with Crippen LogP contribution >= 0.6 is 45.9 Å². The van der Waals surface area contributed by atoms with Gasteiger partial charge in [0.1, 0.15) is 0 Å². The van der Waals surface area contributed by atoms with Gasteiger partial charge in [0.25, 0.3) is 23.6 Å². The number of para-hydroxylation sites is 2. The number of fused-ring (bicyclic) bond motifs is 1. The van der Waals surface area contributed by atoms with Crippen LogP contribution in [0.1, 0.15) is 32.0 Å². The van der Waals surface area contributed by atoms with Gasteiger partial charge in [-0.1, -0.05) is 108 Å². The fraction of sp³-hybridized carbons (Fsp3) is 0.298. The van der Waals surface area contributed by atoms with Gasteiger partial charge >= 0.3 is 0 Å². The highest BCUT2D eigenvalue weighted by Crippen LogP contribution is 2.36. The maximum Gasteiger partial charge on any atom is 0.254 e. The summed E-state index contributed by atoms with van der Waals surface area (Å²) in [6.45, 7) is 3.58. The molecule has 14 nitrogen and oxygen atoms in total. The monoisotopic (exact) mass is 1090 g/mol. The summed E-state index contributed by atoms with van der Waals surface area (Å²) in [7, 11) is 0. The number of amides is 4. The second kappa shape index (κ2) is 24.6. The summed E-state index contributed by atoms with van der Waals surface area (Å²) in [5, 5.41) is 55.7. The molecule has 9 rings (SSSR count). The van der Waals surface area contributed by atoms with Crippen LogP contribution < -0.4 is 20.4 Å². The number of nitrogens with one attached hydrogen (secondary N) is 2. The molecule has 2 aliphatic heterocycles. The summed E-state index contributed by atoms with van der Waals surface area (Å²) >= 11 is 15.8. The number of piperazine rings is 2. The summed E-state index contributed by atoms with van der Waals surface area (Å²) in [5.41, 5.74) is 8.41. The Bertz CT molecular complexity index is 3150. The molecule has 4 atom stereocenters. The summed E-state index contributed by atoms with van der Waals surface area (Å²) in [5.74, 6) is -3.02. The molecular weight excluding hydrogens is 1030 g/mol. The van der Waals surface area contributed by atoms with E-state index in [1.807, 2.05) is 72.1 Å². The summed E-state index contributed by atoms with van der Waals surface area (Å²) in [6, 6.07) is 40.1. The number of hydrogen-bond acceptors (Lipinski definition) is 12. The number of carbonyl (C=O) groups is 4. The maximum absolute atomic E-state index is 13.1. The van der Waals surface area contributed by atoms with Crippen LogP contribution in [0.3, 0.4) is 0 Å². The molecule has 5 aromatic carbocycles. The first-order chi connectivity index (χ1) is 36.3. The Hall–Kier alpha value is -6.34. The molecule has 0 saturated carbocycles. The normalized spacial score (nSPS) is 15.6. The lowest BCUT2D eigenvalue weighted by Crippen LogP contribution is -2.55. The zero-order chi connectivity index (χ0) is 52.6. The molecule has 4 amide bonds. The quantitative estimate of drug-likeness (QED) is 0.0552. The molecule has 0 aliphatic carbocycles. The first-order valence-corrected chi connectivity index (χ1v) is 27.4. The van der Waals surface area contributed by atoms with E-state index in [2.05, 4.69) is 68.3 Å². The van der Waals surface area contributed by atoms with E-state index in [4.69, 9.17) is 23.2 Å². The minimum Gasteiger partial charge on any atom is -0.380 e.